The smallest absolute Gasteiger partial charge is 0.173 e. The van der Waals surface area contributed by atoms with Gasteiger partial charge in [-0.25, -0.2) is 4.98 Å². The summed E-state index contributed by atoms with van der Waals surface area (Å²) >= 11 is 1.41. The Morgan fingerprint density at radius 3 is 2.78 bits per heavy atom. The lowest BCUT2D eigenvalue weighted by atomic mass is 10.1. The van der Waals surface area contributed by atoms with Crippen molar-refractivity contribution in [3.05, 3.63) is 60.2 Å². The van der Waals surface area contributed by atoms with Crippen molar-refractivity contribution in [2.75, 3.05) is 6.61 Å². The average molecular weight is 322 g/mol. The molecule has 1 aromatic heterocycles. The van der Waals surface area contributed by atoms with Gasteiger partial charge in [0.15, 0.2) is 5.82 Å². The van der Waals surface area contributed by atoms with Crippen molar-refractivity contribution in [1.29, 1.82) is 0 Å². The first kappa shape index (κ1) is 15.4. The predicted molar refractivity (Wildman–Crippen MR) is 96.8 cm³/mol. The third-order valence-electron chi connectivity index (χ3n) is 3.59. The van der Waals surface area contributed by atoms with Gasteiger partial charge in [-0.05, 0) is 49.1 Å². The lowest BCUT2D eigenvalue weighted by molar-refractivity contribution is 0.339. The molecule has 0 saturated heterocycles. The van der Waals surface area contributed by atoms with Gasteiger partial charge < -0.3 is 4.74 Å². The van der Waals surface area contributed by atoms with Crippen LogP contribution in [0.15, 0.2) is 49.0 Å². The highest BCUT2D eigenvalue weighted by atomic mass is 32.1. The zero-order chi connectivity index (χ0) is 16.2. The maximum Gasteiger partial charge on any atom is 0.173 e. The van der Waals surface area contributed by atoms with Crippen molar-refractivity contribution >= 4 is 17.6 Å². The van der Waals surface area contributed by atoms with Crippen molar-refractivity contribution in [3.63, 3.8) is 0 Å². The second-order valence-corrected chi connectivity index (χ2v) is 5.88. The molecule has 0 N–H and O–H groups in total. The standard InChI is InChI=1S/C19H18N2OS/c1-4-14-12-15(10-11-17(14)22-5-2)19-20-18(21-23-19)16-9-7-6-8-13(16)3/h4,6-12H,1,5H2,2-3H3. The van der Waals surface area contributed by atoms with Crippen molar-refractivity contribution < 1.29 is 4.74 Å². The molecule has 3 rings (SSSR count). The number of benzene rings is 2. The van der Waals surface area contributed by atoms with Gasteiger partial charge in [0, 0.05) is 16.7 Å². The van der Waals surface area contributed by atoms with Crippen molar-refractivity contribution in [3.8, 4) is 27.7 Å². The molecule has 0 unspecified atom stereocenters. The molecule has 3 nitrogen and oxygen atoms in total. The number of nitrogens with zero attached hydrogens (tertiary/aromatic N) is 2. The van der Waals surface area contributed by atoms with Crippen LogP contribution in [0.1, 0.15) is 18.1 Å². The van der Waals surface area contributed by atoms with Crippen LogP contribution in [0, 0.1) is 6.92 Å². The van der Waals surface area contributed by atoms with E-state index in [1.165, 1.54) is 17.1 Å². The number of rotatable bonds is 5. The zero-order valence-corrected chi connectivity index (χ0v) is 14.1. The third-order valence-corrected chi connectivity index (χ3v) is 4.35. The monoisotopic (exact) mass is 322 g/mol. The van der Waals surface area contributed by atoms with Gasteiger partial charge in [0.2, 0.25) is 0 Å². The first-order chi connectivity index (χ1) is 11.2. The average Bonchev–Trinajstić information content (AvgIpc) is 3.05. The Kier molecular flexibility index (Phi) is 4.53. The molecule has 0 amide bonds. The van der Waals surface area contributed by atoms with Crippen LogP contribution in [-0.2, 0) is 0 Å². The molecular formula is C19H18N2OS. The fourth-order valence-electron chi connectivity index (χ4n) is 2.40. The Morgan fingerprint density at radius 1 is 1.22 bits per heavy atom. The van der Waals surface area contributed by atoms with Gasteiger partial charge in [0.25, 0.3) is 0 Å². The van der Waals surface area contributed by atoms with Crippen LogP contribution in [0.4, 0.5) is 0 Å². The molecule has 0 bridgehead atoms. The second kappa shape index (κ2) is 6.75. The second-order valence-electron chi connectivity index (χ2n) is 5.13. The lowest BCUT2D eigenvalue weighted by Crippen LogP contribution is -1.94. The Bertz CT molecular complexity index is 839. The van der Waals surface area contributed by atoms with Crippen LogP contribution >= 0.6 is 11.5 Å². The summed E-state index contributed by atoms with van der Waals surface area (Å²) in [5, 5.41) is 0.898. The number of aryl methyl sites for hydroxylation is 1. The highest BCUT2D eigenvalue weighted by Gasteiger charge is 2.11. The van der Waals surface area contributed by atoms with E-state index in [9.17, 15) is 0 Å². The maximum atomic E-state index is 5.61. The van der Waals surface area contributed by atoms with E-state index in [0.717, 1.165) is 33.3 Å². The van der Waals surface area contributed by atoms with Crippen LogP contribution in [0.2, 0.25) is 0 Å². The minimum atomic E-state index is 0.635. The normalized spacial score (nSPS) is 10.5. The summed E-state index contributed by atoms with van der Waals surface area (Å²) in [5.41, 5.74) is 4.25. The molecule has 0 aliphatic carbocycles. The number of aromatic nitrogens is 2. The van der Waals surface area contributed by atoms with Crippen LogP contribution in [-0.4, -0.2) is 16.0 Å². The van der Waals surface area contributed by atoms with E-state index in [2.05, 4.69) is 30.0 Å². The minimum Gasteiger partial charge on any atom is -0.493 e. The van der Waals surface area contributed by atoms with Crippen molar-refractivity contribution in [2.24, 2.45) is 0 Å². The molecule has 0 radical (unpaired) electrons. The van der Waals surface area contributed by atoms with Crippen LogP contribution in [0.25, 0.3) is 28.0 Å². The van der Waals surface area contributed by atoms with E-state index in [0.29, 0.717) is 6.61 Å². The van der Waals surface area contributed by atoms with Gasteiger partial charge in [-0.15, -0.1) is 0 Å². The fraction of sp³-hybridized carbons (Fsp3) is 0.158. The molecule has 2 aromatic carbocycles. The summed E-state index contributed by atoms with van der Waals surface area (Å²) in [5.74, 6) is 1.62. The fourth-order valence-corrected chi connectivity index (χ4v) is 3.07. The van der Waals surface area contributed by atoms with E-state index >= 15 is 0 Å². The summed E-state index contributed by atoms with van der Waals surface area (Å²) in [4.78, 5) is 4.69. The molecule has 3 aromatic rings. The molecular weight excluding hydrogens is 304 g/mol. The summed E-state index contributed by atoms with van der Waals surface area (Å²) in [6.07, 6.45) is 1.80. The minimum absolute atomic E-state index is 0.635. The highest BCUT2D eigenvalue weighted by Crippen LogP contribution is 2.31. The quantitative estimate of drug-likeness (QED) is 0.646. The van der Waals surface area contributed by atoms with Gasteiger partial charge in [-0.2, -0.15) is 4.37 Å². The molecule has 0 spiro atoms. The summed E-state index contributed by atoms with van der Waals surface area (Å²) in [6, 6.07) is 14.2. The molecule has 0 saturated carbocycles. The highest BCUT2D eigenvalue weighted by molar-refractivity contribution is 7.09. The van der Waals surface area contributed by atoms with Gasteiger partial charge in [0.05, 0.1) is 6.61 Å². The molecule has 0 aliphatic rings. The Morgan fingerprint density at radius 2 is 2.04 bits per heavy atom. The van der Waals surface area contributed by atoms with Gasteiger partial charge in [-0.3, -0.25) is 0 Å². The topological polar surface area (TPSA) is 35.0 Å². The van der Waals surface area contributed by atoms with Gasteiger partial charge >= 0.3 is 0 Å². The van der Waals surface area contributed by atoms with Crippen LogP contribution < -0.4 is 4.74 Å². The van der Waals surface area contributed by atoms with Crippen LogP contribution in [0.5, 0.6) is 5.75 Å². The van der Waals surface area contributed by atoms with E-state index in [4.69, 9.17) is 9.72 Å². The Hall–Kier alpha value is -2.46. The Balaban J connectivity index is 1.97. The van der Waals surface area contributed by atoms with E-state index in [-0.39, 0.29) is 0 Å². The molecule has 0 atom stereocenters. The first-order valence-electron chi connectivity index (χ1n) is 7.52. The van der Waals surface area contributed by atoms with E-state index in [1.807, 2.05) is 37.3 Å². The third kappa shape index (κ3) is 3.17. The number of hydrogen-bond donors (Lipinski definition) is 0. The summed E-state index contributed by atoms with van der Waals surface area (Å²) < 4.78 is 10.1. The lowest BCUT2D eigenvalue weighted by Gasteiger charge is -2.08. The van der Waals surface area contributed by atoms with E-state index in [1.54, 1.807) is 6.08 Å². The SMILES string of the molecule is C=Cc1cc(-c2nc(-c3ccccc3C)ns2)ccc1OCC. The summed E-state index contributed by atoms with van der Waals surface area (Å²) in [7, 11) is 0. The van der Waals surface area contributed by atoms with Gasteiger partial charge in [0.1, 0.15) is 10.8 Å². The molecule has 116 valence electrons. The molecule has 1 heterocycles. The van der Waals surface area contributed by atoms with Gasteiger partial charge in [-0.1, -0.05) is 36.9 Å². The first-order valence-corrected chi connectivity index (χ1v) is 8.29. The van der Waals surface area contributed by atoms with Crippen molar-refractivity contribution in [1.82, 2.24) is 9.36 Å². The summed E-state index contributed by atoms with van der Waals surface area (Å²) in [6.45, 7) is 8.54. The zero-order valence-electron chi connectivity index (χ0n) is 13.2. The molecule has 4 heteroatoms. The Labute approximate surface area is 140 Å². The maximum absolute atomic E-state index is 5.61. The number of ether oxygens (including phenoxy) is 1. The van der Waals surface area contributed by atoms with Crippen LogP contribution in [0.3, 0.4) is 0 Å². The molecule has 0 fully saturated rings. The van der Waals surface area contributed by atoms with Crippen molar-refractivity contribution in [2.45, 2.75) is 13.8 Å². The molecule has 23 heavy (non-hydrogen) atoms. The largest absolute Gasteiger partial charge is 0.493 e. The predicted octanol–water partition coefficient (Wildman–Crippen LogP) is 5.22. The molecule has 0 aliphatic heterocycles. The number of hydrogen-bond acceptors (Lipinski definition) is 4. The van der Waals surface area contributed by atoms with E-state index < -0.39 is 0 Å².